The van der Waals surface area contributed by atoms with Crippen LogP contribution >= 0.6 is 0 Å². The Morgan fingerprint density at radius 3 is 2.33 bits per heavy atom. The van der Waals surface area contributed by atoms with Crippen molar-refractivity contribution >= 4 is 17.1 Å². The Hall–Kier alpha value is -3.70. The third-order valence-corrected chi connectivity index (χ3v) is 5.56. The Morgan fingerprint density at radius 1 is 1.09 bits per heavy atom. The fourth-order valence-corrected chi connectivity index (χ4v) is 3.95. The van der Waals surface area contributed by atoms with Gasteiger partial charge in [0.1, 0.15) is 11.6 Å². The number of hydrogen-bond acceptors (Lipinski definition) is 5. The topological polar surface area (TPSA) is 86.4 Å². The van der Waals surface area contributed by atoms with E-state index < -0.39 is 35.1 Å². The molecule has 1 aromatic carbocycles. The van der Waals surface area contributed by atoms with Gasteiger partial charge in [0.05, 0.1) is 11.7 Å². The van der Waals surface area contributed by atoms with Gasteiger partial charge in [0.25, 0.3) is 5.91 Å². The Morgan fingerprint density at radius 2 is 1.73 bits per heavy atom. The third-order valence-electron chi connectivity index (χ3n) is 5.56. The first-order valence-corrected chi connectivity index (χ1v) is 9.97. The molecule has 0 atom stereocenters. The van der Waals surface area contributed by atoms with Crippen molar-refractivity contribution in [1.82, 2.24) is 19.0 Å². The number of fused-ring (bicyclic) bond motifs is 1. The van der Waals surface area contributed by atoms with Crippen LogP contribution in [0.25, 0.3) is 11.2 Å². The van der Waals surface area contributed by atoms with Gasteiger partial charge in [-0.3, -0.25) is 19.0 Å². The number of halogens is 4. The van der Waals surface area contributed by atoms with Gasteiger partial charge in [0.15, 0.2) is 5.65 Å². The number of alkyl halides is 3. The summed E-state index contributed by atoms with van der Waals surface area (Å²) >= 11 is 0. The first-order valence-electron chi connectivity index (χ1n) is 9.97. The van der Waals surface area contributed by atoms with E-state index in [9.17, 15) is 31.9 Å². The lowest BCUT2D eigenvalue weighted by Gasteiger charge is -2.33. The molecule has 0 unspecified atom stereocenters. The first kappa shape index (κ1) is 22.5. The normalized spacial score (nSPS) is 15.1. The van der Waals surface area contributed by atoms with Crippen molar-refractivity contribution in [1.29, 1.82) is 0 Å². The highest BCUT2D eigenvalue weighted by molar-refractivity contribution is 5.94. The number of carbonyl (C=O) groups is 1. The Balaban J connectivity index is 1.53. The second kappa shape index (κ2) is 8.34. The van der Waals surface area contributed by atoms with Crippen molar-refractivity contribution in [3.8, 4) is 5.75 Å². The number of aromatic nitrogens is 3. The lowest BCUT2D eigenvalue weighted by Crippen LogP contribution is -2.46. The van der Waals surface area contributed by atoms with Crippen LogP contribution < -0.4 is 15.9 Å². The Kier molecular flexibility index (Phi) is 5.68. The summed E-state index contributed by atoms with van der Waals surface area (Å²) in [6.07, 6.45) is -3.19. The van der Waals surface area contributed by atoms with Gasteiger partial charge in [0.2, 0.25) is 0 Å². The number of amides is 1. The molecule has 4 rings (SSSR count). The zero-order valence-electron chi connectivity index (χ0n) is 17.3. The number of nitrogens with zero attached hydrogens (tertiary/aromatic N) is 4. The van der Waals surface area contributed by atoms with Crippen molar-refractivity contribution in [3.05, 3.63) is 68.6 Å². The Bertz CT molecular complexity index is 1320. The molecule has 0 N–H and O–H groups in total. The van der Waals surface area contributed by atoms with Crippen LogP contribution in [0.1, 0.15) is 29.2 Å². The molecule has 1 fully saturated rings. The first-order chi connectivity index (χ1) is 15.5. The molecule has 1 aliphatic heterocycles. The molecule has 12 heteroatoms. The molecule has 0 bridgehead atoms. The van der Waals surface area contributed by atoms with E-state index in [0.29, 0.717) is 12.8 Å². The number of aryl methyl sites for hydroxylation is 1. The van der Waals surface area contributed by atoms with Gasteiger partial charge < -0.3 is 14.2 Å². The molecule has 0 spiro atoms. The van der Waals surface area contributed by atoms with Gasteiger partial charge in [-0.1, -0.05) is 0 Å². The van der Waals surface area contributed by atoms with Crippen LogP contribution in [0.2, 0.25) is 0 Å². The SMILES string of the molecule is Cn1c(=O)c(=O)n(C2CCN(C(=O)c3ccc(OC(F)(F)F)cc3)CC2)c2ncc(F)cc21. The number of likely N-dealkylation sites (tertiary alicyclic amines) is 1. The average molecular weight is 466 g/mol. The monoisotopic (exact) mass is 466 g/mol. The Labute approximate surface area is 183 Å². The summed E-state index contributed by atoms with van der Waals surface area (Å²) in [6, 6.07) is 5.30. The minimum Gasteiger partial charge on any atom is -0.406 e. The van der Waals surface area contributed by atoms with Crippen LogP contribution in [0.15, 0.2) is 46.1 Å². The second-order valence-corrected chi connectivity index (χ2v) is 7.63. The molecular weight excluding hydrogens is 448 g/mol. The molecule has 1 saturated heterocycles. The molecule has 3 heterocycles. The maximum absolute atomic E-state index is 13.7. The van der Waals surface area contributed by atoms with Crippen LogP contribution in [-0.4, -0.2) is 44.4 Å². The predicted octanol–water partition coefficient (Wildman–Crippen LogP) is 2.61. The van der Waals surface area contributed by atoms with Crippen molar-refractivity contribution < 1.29 is 27.1 Å². The van der Waals surface area contributed by atoms with Gasteiger partial charge in [-0.15, -0.1) is 13.2 Å². The number of hydrogen-bond donors (Lipinski definition) is 0. The van der Waals surface area contributed by atoms with Crippen molar-refractivity contribution in [2.24, 2.45) is 7.05 Å². The highest BCUT2D eigenvalue weighted by Gasteiger charge is 2.31. The summed E-state index contributed by atoms with van der Waals surface area (Å²) in [5.41, 5.74) is -1.05. The van der Waals surface area contributed by atoms with Crippen LogP contribution in [0.3, 0.4) is 0 Å². The summed E-state index contributed by atoms with van der Waals surface area (Å²) < 4.78 is 56.6. The molecule has 174 valence electrons. The summed E-state index contributed by atoms with van der Waals surface area (Å²) in [6.45, 7) is 0.489. The quantitative estimate of drug-likeness (QED) is 0.438. The third kappa shape index (κ3) is 4.45. The summed E-state index contributed by atoms with van der Waals surface area (Å²) in [7, 11) is 1.36. The van der Waals surface area contributed by atoms with Crippen LogP contribution in [0.4, 0.5) is 17.6 Å². The van der Waals surface area contributed by atoms with E-state index in [1.54, 1.807) is 0 Å². The molecule has 3 aromatic rings. The number of benzene rings is 1. The lowest BCUT2D eigenvalue weighted by atomic mass is 10.0. The van der Waals surface area contributed by atoms with E-state index in [2.05, 4.69) is 9.72 Å². The molecular formula is C21H18F4N4O4. The minimum absolute atomic E-state index is 0.175. The molecule has 1 amide bonds. The molecule has 0 saturated carbocycles. The summed E-state index contributed by atoms with van der Waals surface area (Å²) in [5.74, 6) is -1.46. The standard InChI is InChI=1S/C21H18F4N4O4/c1-27-16-10-13(22)11-26-17(16)29(20(32)19(27)31)14-6-8-28(9-7-14)18(30)12-2-4-15(5-3-12)33-21(23,24)25/h2-5,10-11,14H,6-9H2,1H3. The van der Waals surface area contributed by atoms with Gasteiger partial charge in [-0.25, -0.2) is 9.37 Å². The largest absolute Gasteiger partial charge is 0.573 e. The molecule has 0 aliphatic carbocycles. The zero-order chi connectivity index (χ0) is 23.9. The van der Waals surface area contributed by atoms with E-state index in [0.717, 1.165) is 29.0 Å². The minimum atomic E-state index is -4.82. The molecule has 0 radical (unpaired) electrons. The van der Waals surface area contributed by atoms with Crippen molar-refractivity contribution in [3.63, 3.8) is 0 Å². The summed E-state index contributed by atoms with van der Waals surface area (Å²) in [4.78, 5) is 43.3. The van der Waals surface area contributed by atoms with E-state index >= 15 is 0 Å². The fourth-order valence-electron chi connectivity index (χ4n) is 3.95. The van der Waals surface area contributed by atoms with Crippen LogP contribution in [0.5, 0.6) is 5.75 Å². The van der Waals surface area contributed by atoms with Crippen LogP contribution in [-0.2, 0) is 7.05 Å². The maximum atomic E-state index is 13.7. The number of pyridine rings is 1. The predicted molar refractivity (Wildman–Crippen MR) is 109 cm³/mol. The molecule has 1 aliphatic rings. The zero-order valence-corrected chi connectivity index (χ0v) is 17.3. The van der Waals surface area contributed by atoms with Gasteiger partial charge in [-0.2, -0.15) is 0 Å². The van der Waals surface area contributed by atoms with E-state index in [4.69, 9.17) is 0 Å². The van der Waals surface area contributed by atoms with Crippen LogP contribution in [0, 0.1) is 5.82 Å². The van der Waals surface area contributed by atoms with Crippen molar-refractivity contribution in [2.75, 3.05) is 13.1 Å². The van der Waals surface area contributed by atoms with Gasteiger partial charge in [-0.05, 0) is 37.1 Å². The van der Waals surface area contributed by atoms with Gasteiger partial charge >= 0.3 is 17.5 Å². The van der Waals surface area contributed by atoms with E-state index in [-0.39, 0.29) is 35.7 Å². The maximum Gasteiger partial charge on any atom is 0.573 e. The van der Waals surface area contributed by atoms with E-state index in [1.165, 1.54) is 28.6 Å². The van der Waals surface area contributed by atoms with Gasteiger partial charge in [0, 0.05) is 37.8 Å². The lowest BCUT2D eigenvalue weighted by molar-refractivity contribution is -0.274. The highest BCUT2D eigenvalue weighted by Crippen LogP contribution is 2.26. The molecule has 8 nitrogen and oxygen atoms in total. The average Bonchev–Trinajstić information content (AvgIpc) is 2.77. The smallest absolute Gasteiger partial charge is 0.406 e. The fraction of sp³-hybridized carbons (Fsp3) is 0.333. The van der Waals surface area contributed by atoms with Crippen molar-refractivity contribution in [2.45, 2.75) is 25.2 Å². The van der Waals surface area contributed by atoms with E-state index in [1.807, 2.05) is 0 Å². The highest BCUT2D eigenvalue weighted by atomic mass is 19.4. The summed E-state index contributed by atoms with van der Waals surface area (Å²) in [5, 5.41) is 0. The number of rotatable bonds is 3. The number of carbonyl (C=O) groups excluding carboxylic acids is 1. The number of piperidine rings is 1. The second-order valence-electron chi connectivity index (χ2n) is 7.63. The molecule has 2 aromatic heterocycles. The number of ether oxygens (including phenoxy) is 1. The molecule has 33 heavy (non-hydrogen) atoms.